The molecule has 0 bridgehead atoms. The quantitative estimate of drug-likeness (QED) is 0.765. The predicted molar refractivity (Wildman–Crippen MR) is 108 cm³/mol. The Labute approximate surface area is 160 Å². The minimum Gasteiger partial charge on any atom is -0.497 e. The van der Waals surface area contributed by atoms with Crippen LogP contribution in [0.3, 0.4) is 0 Å². The van der Waals surface area contributed by atoms with E-state index in [1.807, 2.05) is 37.5 Å². The van der Waals surface area contributed by atoms with Crippen molar-refractivity contribution in [1.82, 2.24) is 14.9 Å². The van der Waals surface area contributed by atoms with Crippen molar-refractivity contribution in [2.24, 2.45) is 0 Å². The number of pyridine rings is 2. The maximum Gasteiger partial charge on any atom is 0.118 e. The second-order valence-corrected chi connectivity index (χ2v) is 6.90. The standard InChI is InChI=1S/C22H24N4O/c1-16-11-18(7-8-23-16)21-12-22-19(13-25-21)15-26(10-9-24-22)14-17-3-5-20(27-2)6-4-17/h3-8,11-13,24H,9-10,14-15H2,1-2H3. The van der Waals surface area contributed by atoms with E-state index in [4.69, 9.17) is 9.72 Å². The lowest BCUT2D eigenvalue weighted by molar-refractivity contribution is 0.271. The summed E-state index contributed by atoms with van der Waals surface area (Å²) in [6.07, 6.45) is 3.84. The normalized spacial score (nSPS) is 14.1. The minimum absolute atomic E-state index is 0.886. The van der Waals surface area contributed by atoms with Crippen LogP contribution in [0.15, 0.2) is 54.9 Å². The Bertz CT molecular complexity index is 924. The SMILES string of the molecule is COc1ccc(CN2CCNc3cc(-c4ccnc(C)c4)ncc3C2)cc1. The number of rotatable bonds is 4. The van der Waals surface area contributed by atoms with E-state index in [0.29, 0.717) is 0 Å². The molecule has 3 aromatic rings. The molecule has 5 heteroatoms. The number of anilines is 1. The first kappa shape index (κ1) is 17.5. The molecule has 0 saturated carbocycles. The Morgan fingerprint density at radius 1 is 1.11 bits per heavy atom. The van der Waals surface area contributed by atoms with E-state index < -0.39 is 0 Å². The highest BCUT2D eigenvalue weighted by molar-refractivity contribution is 5.66. The average molecular weight is 360 g/mol. The molecule has 1 N–H and O–H groups in total. The zero-order valence-electron chi connectivity index (χ0n) is 15.8. The van der Waals surface area contributed by atoms with Crippen molar-refractivity contribution in [3.05, 3.63) is 71.7 Å². The Kier molecular flexibility index (Phi) is 5.03. The maximum absolute atomic E-state index is 5.24. The van der Waals surface area contributed by atoms with Gasteiger partial charge in [-0.3, -0.25) is 14.9 Å². The lowest BCUT2D eigenvalue weighted by Crippen LogP contribution is -2.25. The average Bonchev–Trinajstić information content (AvgIpc) is 2.89. The van der Waals surface area contributed by atoms with Gasteiger partial charge >= 0.3 is 0 Å². The molecule has 0 atom stereocenters. The van der Waals surface area contributed by atoms with Gasteiger partial charge < -0.3 is 10.1 Å². The first-order chi connectivity index (χ1) is 13.2. The van der Waals surface area contributed by atoms with Crippen molar-refractivity contribution < 1.29 is 4.74 Å². The van der Waals surface area contributed by atoms with Gasteiger partial charge in [-0.05, 0) is 42.8 Å². The number of benzene rings is 1. The second-order valence-electron chi connectivity index (χ2n) is 6.90. The lowest BCUT2D eigenvalue weighted by atomic mass is 10.1. The van der Waals surface area contributed by atoms with Gasteiger partial charge in [-0.25, -0.2) is 0 Å². The van der Waals surface area contributed by atoms with Crippen LogP contribution in [0.5, 0.6) is 5.75 Å². The molecule has 2 aromatic heterocycles. The fourth-order valence-corrected chi connectivity index (χ4v) is 3.43. The third-order valence-electron chi connectivity index (χ3n) is 4.88. The zero-order chi connectivity index (χ0) is 18.6. The van der Waals surface area contributed by atoms with Crippen LogP contribution in [0.1, 0.15) is 16.8 Å². The minimum atomic E-state index is 0.886. The van der Waals surface area contributed by atoms with Gasteiger partial charge in [0.25, 0.3) is 0 Å². The number of fused-ring (bicyclic) bond motifs is 1. The molecule has 4 rings (SSSR count). The monoisotopic (exact) mass is 360 g/mol. The van der Waals surface area contributed by atoms with Crippen LogP contribution < -0.4 is 10.1 Å². The first-order valence-corrected chi connectivity index (χ1v) is 9.22. The summed E-state index contributed by atoms with van der Waals surface area (Å²) in [6.45, 7) is 5.71. The van der Waals surface area contributed by atoms with Gasteiger partial charge in [0.2, 0.25) is 0 Å². The van der Waals surface area contributed by atoms with Gasteiger partial charge in [-0.1, -0.05) is 12.1 Å². The van der Waals surface area contributed by atoms with Crippen LogP contribution >= 0.6 is 0 Å². The van der Waals surface area contributed by atoms with Crippen LogP contribution in [0.25, 0.3) is 11.3 Å². The summed E-state index contributed by atoms with van der Waals surface area (Å²) in [5, 5.41) is 3.57. The van der Waals surface area contributed by atoms with Crippen LogP contribution in [0.2, 0.25) is 0 Å². The smallest absolute Gasteiger partial charge is 0.118 e. The van der Waals surface area contributed by atoms with Crippen LogP contribution in [-0.2, 0) is 13.1 Å². The molecule has 27 heavy (non-hydrogen) atoms. The molecule has 0 saturated heterocycles. The third-order valence-corrected chi connectivity index (χ3v) is 4.88. The summed E-state index contributed by atoms with van der Waals surface area (Å²) in [6, 6.07) is 14.5. The van der Waals surface area contributed by atoms with E-state index in [0.717, 1.165) is 48.9 Å². The van der Waals surface area contributed by atoms with Gasteiger partial charge in [0.15, 0.2) is 0 Å². The summed E-state index contributed by atoms with van der Waals surface area (Å²) < 4.78 is 5.24. The molecule has 0 radical (unpaired) electrons. The van der Waals surface area contributed by atoms with Crippen molar-refractivity contribution in [2.75, 3.05) is 25.5 Å². The van der Waals surface area contributed by atoms with E-state index in [1.165, 1.54) is 16.8 Å². The molecule has 0 fully saturated rings. The fourth-order valence-electron chi connectivity index (χ4n) is 3.43. The summed E-state index contributed by atoms with van der Waals surface area (Å²) in [5.74, 6) is 0.893. The van der Waals surface area contributed by atoms with Crippen molar-refractivity contribution in [3.8, 4) is 17.0 Å². The largest absolute Gasteiger partial charge is 0.497 e. The molecule has 5 nitrogen and oxygen atoms in total. The molecule has 138 valence electrons. The molecule has 3 heterocycles. The molecular formula is C22H24N4O. The Hall–Kier alpha value is -2.92. The number of aryl methyl sites for hydroxylation is 1. The number of nitrogens with zero attached hydrogens (tertiary/aromatic N) is 3. The third kappa shape index (κ3) is 4.09. The van der Waals surface area contributed by atoms with Crippen LogP contribution in [0, 0.1) is 6.92 Å². The molecule has 0 spiro atoms. The van der Waals surface area contributed by atoms with E-state index in [1.54, 1.807) is 7.11 Å². The highest BCUT2D eigenvalue weighted by Crippen LogP contribution is 2.26. The Morgan fingerprint density at radius 2 is 1.96 bits per heavy atom. The van der Waals surface area contributed by atoms with Crippen molar-refractivity contribution >= 4 is 5.69 Å². The number of methoxy groups -OCH3 is 1. The number of ether oxygens (including phenoxy) is 1. The maximum atomic E-state index is 5.24. The molecule has 1 aliphatic heterocycles. The van der Waals surface area contributed by atoms with Crippen LogP contribution in [-0.4, -0.2) is 35.1 Å². The van der Waals surface area contributed by atoms with Gasteiger partial charge in [0.1, 0.15) is 5.75 Å². The zero-order valence-corrected chi connectivity index (χ0v) is 15.8. The Balaban J connectivity index is 1.52. The topological polar surface area (TPSA) is 50.3 Å². The summed E-state index contributed by atoms with van der Waals surface area (Å²) in [4.78, 5) is 11.4. The molecule has 0 unspecified atom stereocenters. The number of nitrogens with one attached hydrogen (secondary N) is 1. The first-order valence-electron chi connectivity index (χ1n) is 9.22. The molecule has 0 aliphatic carbocycles. The Morgan fingerprint density at radius 3 is 2.74 bits per heavy atom. The number of aromatic nitrogens is 2. The summed E-state index contributed by atoms with van der Waals surface area (Å²) in [5.41, 5.74) is 6.78. The van der Waals surface area contributed by atoms with Crippen molar-refractivity contribution in [2.45, 2.75) is 20.0 Å². The summed E-state index contributed by atoms with van der Waals surface area (Å²) in [7, 11) is 1.70. The predicted octanol–water partition coefficient (Wildman–Crippen LogP) is 3.89. The number of hydrogen-bond donors (Lipinski definition) is 1. The summed E-state index contributed by atoms with van der Waals surface area (Å²) >= 11 is 0. The molecule has 1 aromatic carbocycles. The van der Waals surface area contributed by atoms with E-state index >= 15 is 0 Å². The van der Waals surface area contributed by atoms with Crippen molar-refractivity contribution in [1.29, 1.82) is 0 Å². The van der Waals surface area contributed by atoms with Gasteiger partial charge in [-0.15, -0.1) is 0 Å². The lowest BCUT2D eigenvalue weighted by Gasteiger charge is -2.20. The second kappa shape index (κ2) is 7.76. The highest BCUT2D eigenvalue weighted by Gasteiger charge is 2.16. The van der Waals surface area contributed by atoms with Crippen LogP contribution in [0.4, 0.5) is 5.69 Å². The van der Waals surface area contributed by atoms with Gasteiger partial charge in [-0.2, -0.15) is 0 Å². The molecule has 1 aliphatic rings. The number of hydrogen-bond acceptors (Lipinski definition) is 5. The molecule has 0 amide bonds. The van der Waals surface area contributed by atoms with Gasteiger partial charge in [0, 0.05) is 61.1 Å². The van der Waals surface area contributed by atoms with Gasteiger partial charge in [0.05, 0.1) is 12.8 Å². The fraction of sp³-hybridized carbons (Fsp3) is 0.273. The van der Waals surface area contributed by atoms with E-state index in [-0.39, 0.29) is 0 Å². The van der Waals surface area contributed by atoms with E-state index in [9.17, 15) is 0 Å². The highest BCUT2D eigenvalue weighted by atomic mass is 16.5. The van der Waals surface area contributed by atoms with Crippen molar-refractivity contribution in [3.63, 3.8) is 0 Å². The van der Waals surface area contributed by atoms with E-state index in [2.05, 4.69) is 39.5 Å². The molecular weight excluding hydrogens is 336 g/mol.